The van der Waals surface area contributed by atoms with Gasteiger partial charge in [0.05, 0.1) is 19.1 Å². The molecule has 0 amide bonds. The Balaban J connectivity index is 2.60. The molecular weight excluding hydrogens is 96.0 g/mol. The molecule has 0 saturated heterocycles. The monoisotopic (exact) mass is 102 g/mol. The van der Waals surface area contributed by atoms with Crippen LogP contribution in [0.15, 0.2) is 0 Å². The van der Waals surface area contributed by atoms with Crippen molar-refractivity contribution in [3.05, 3.63) is 0 Å². The highest BCUT2D eigenvalue weighted by molar-refractivity contribution is 4.66. The van der Waals surface area contributed by atoms with Crippen LogP contribution in [0.5, 0.6) is 0 Å². The van der Waals surface area contributed by atoms with Crippen molar-refractivity contribution in [2.45, 2.75) is 6.42 Å². The summed E-state index contributed by atoms with van der Waals surface area (Å²) in [6, 6.07) is 1.83. The van der Waals surface area contributed by atoms with E-state index in [4.69, 9.17) is 10.5 Å². The van der Waals surface area contributed by atoms with Crippen LogP contribution in [0.2, 0.25) is 0 Å². The van der Waals surface area contributed by atoms with Crippen LogP contribution in [0, 0.1) is 11.3 Å². The van der Waals surface area contributed by atoms with Crippen molar-refractivity contribution < 1.29 is 10.0 Å². The Morgan fingerprint density at radius 1 is 1.86 bits per heavy atom. The first-order valence-corrected chi connectivity index (χ1v) is 1.79. The second-order valence-corrected chi connectivity index (χ2v) is 0.848. The Bertz CT molecular complexity index is 67.8. The van der Waals surface area contributed by atoms with Gasteiger partial charge in [-0.05, 0) is 0 Å². The second kappa shape index (κ2) is 5.37. The number of hydrogen-bond acceptors (Lipinski definition) is 4. The summed E-state index contributed by atoms with van der Waals surface area (Å²) in [7, 11) is 0. The summed E-state index contributed by atoms with van der Waals surface area (Å²) >= 11 is 0. The third kappa shape index (κ3) is 5.37. The predicted molar refractivity (Wildman–Crippen MR) is 21.1 cm³/mol. The lowest BCUT2D eigenvalue weighted by Crippen LogP contribution is -2.08. The second-order valence-electron chi connectivity index (χ2n) is 0.848. The van der Waals surface area contributed by atoms with Crippen molar-refractivity contribution in [1.29, 1.82) is 5.26 Å². The fraction of sp³-hybridized carbons (Fsp3) is 0.667. The van der Waals surface area contributed by atoms with E-state index in [0.29, 0.717) is 0 Å². The van der Waals surface area contributed by atoms with Gasteiger partial charge in [-0.3, -0.25) is 10.0 Å². The Morgan fingerprint density at radius 3 is 3.00 bits per heavy atom. The topological polar surface area (TPSA) is 65.3 Å². The lowest BCUT2D eigenvalue weighted by molar-refractivity contribution is -0.125. The Labute approximate surface area is 41.2 Å². The maximum atomic E-state index is 7.85. The molecule has 0 heterocycles. The summed E-state index contributed by atoms with van der Waals surface area (Å²) < 4.78 is 0. The van der Waals surface area contributed by atoms with Gasteiger partial charge in [-0.1, -0.05) is 5.64 Å². The zero-order valence-electron chi connectivity index (χ0n) is 3.72. The van der Waals surface area contributed by atoms with Crippen LogP contribution >= 0.6 is 0 Å². The number of nitriles is 1. The summed E-state index contributed by atoms with van der Waals surface area (Å²) in [5.74, 6) is 0. The van der Waals surface area contributed by atoms with E-state index in [1.54, 1.807) is 0 Å². The van der Waals surface area contributed by atoms with Gasteiger partial charge in [0.15, 0.2) is 0 Å². The summed E-state index contributed by atoms with van der Waals surface area (Å²) in [4.78, 5) is 4.16. The van der Waals surface area contributed by atoms with Gasteiger partial charge in [-0.15, -0.1) is 0 Å². The van der Waals surface area contributed by atoms with E-state index in [1.165, 1.54) is 5.64 Å². The SMILES string of the molecule is N#CCCONO. The van der Waals surface area contributed by atoms with Crippen LogP contribution in [0.3, 0.4) is 0 Å². The number of nitrogens with zero attached hydrogens (tertiary/aromatic N) is 1. The first-order valence-electron chi connectivity index (χ1n) is 1.79. The molecule has 0 rings (SSSR count). The molecule has 0 atom stereocenters. The molecule has 0 aromatic heterocycles. The van der Waals surface area contributed by atoms with Crippen molar-refractivity contribution in [3.8, 4) is 6.07 Å². The van der Waals surface area contributed by atoms with E-state index in [-0.39, 0.29) is 13.0 Å². The van der Waals surface area contributed by atoms with Crippen LogP contribution in [-0.4, -0.2) is 11.8 Å². The lowest BCUT2D eigenvalue weighted by atomic mass is 10.5. The molecule has 0 aliphatic carbocycles. The van der Waals surface area contributed by atoms with E-state index >= 15 is 0 Å². The largest absolute Gasteiger partial charge is 0.292 e. The first kappa shape index (κ1) is 6.37. The number of nitrogens with one attached hydrogen (secondary N) is 1. The highest BCUT2D eigenvalue weighted by atomic mass is 16.8. The third-order valence-corrected chi connectivity index (χ3v) is 0.380. The third-order valence-electron chi connectivity index (χ3n) is 0.380. The predicted octanol–water partition coefficient (Wildman–Crippen LogP) is -0.190. The van der Waals surface area contributed by atoms with Crippen molar-refractivity contribution in [1.82, 2.24) is 5.64 Å². The van der Waals surface area contributed by atoms with Gasteiger partial charge in [0.1, 0.15) is 0 Å². The van der Waals surface area contributed by atoms with E-state index in [9.17, 15) is 0 Å². The van der Waals surface area contributed by atoms with Crippen molar-refractivity contribution >= 4 is 0 Å². The zero-order chi connectivity index (χ0) is 5.54. The van der Waals surface area contributed by atoms with E-state index in [2.05, 4.69) is 4.84 Å². The first-order chi connectivity index (χ1) is 3.41. The molecule has 0 bridgehead atoms. The smallest absolute Gasteiger partial charge is 0.0839 e. The van der Waals surface area contributed by atoms with E-state index in [1.807, 2.05) is 6.07 Å². The van der Waals surface area contributed by atoms with Gasteiger partial charge in [-0.25, -0.2) is 0 Å². The molecule has 7 heavy (non-hydrogen) atoms. The number of rotatable bonds is 3. The highest BCUT2D eigenvalue weighted by Gasteiger charge is 1.78. The minimum Gasteiger partial charge on any atom is -0.292 e. The minimum absolute atomic E-state index is 0.215. The molecular formula is C3H6N2O2. The number of hydrogen-bond donors (Lipinski definition) is 2. The van der Waals surface area contributed by atoms with Crippen LogP contribution in [0.25, 0.3) is 0 Å². The normalized spacial score (nSPS) is 8.00. The maximum Gasteiger partial charge on any atom is 0.0839 e. The molecule has 40 valence electrons. The summed E-state index contributed by atoms with van der Waals surface area (Å²) in [6.45, 7) is 0.215. The highest BCUT2D eigenvalue weighted by Crippen LogP contribution is 1.71. The van der Waals surface area contributed by atoms with Gasteiger partial charge in [0.2, 0.25) is 0 Å². The molecule has 2 N–H and O–H groups in total. The average molecular weight is 102 g/mol. The Hall–Kier alpha value is -0.630. The van der Waals surface area contributed by atoms with Gasteiger partial charge in [0.25, 0.3) is 0 Å². The quantitative estimate of drug-likeness (QED) is 0.383. The molecule has 0 saturated carbocycles. The summed E-state index contributed by atoms with van der Waals surface area (Å²) in [5.41, 5.74) is 1.45. The molecule has 0 fully saturated rings. The molecule has 4 heteroatoms. The minimum atomic E-state index is 0.215. The Kier molecular flexibility index (Phi) is 4.89. The summed E-state index contributed by atoms with van der Waals surface area (Å²) in [6.07, 6.45) is 0.285. The Morgan fingerprint density at radius 2 is 2.57 bits per heavy atom. The van der Waals surface area contributed by atoms with Gasteiger partial charge < -0.3 is 0 Å². The molecule has 0 aromatic carbocycles. The standard InChI is InChI=1S/C3H6N2O2/c4-2-1-3-7-5-6/h5-6H,1,3H2. The fourth-order valence-electron chi connectivity index (χ4n) is 0.142. The molecule has 0 unspecified atom stereocenters. The van der Waals surface area contributed by atoms with Gasteiger partial charge in [-0.2, -0.15) is 5.26 Å². The van der Waals surface area contributed by atoms with E-state index < -0.39 is 0 Å². The van der Waals surface area contributed by atoms with Crippen LogP contribution < -0.4 is 5.64 Å². The van der Waals surface area contributed by atoms with E-state index in [0.717, 1.165) is 0 Å². The van der Waals surface area contributed by atoms with Crippen molar-refractivity contribution in [3.63, 3.8) is 0 Å². The van der Waals surface area contributed by atoms with Crippen LogP contribution in [0.4, 0.5) is 0 Å². The summed E-state index contributed by atoms with van der Waals surface area (Å²) in [5, 5.41) is 15.6. The van der Waals surface area contributed by atoms with Crippen LogP contribution in [-0.2, 0) is 4.84 Å². The van der Waals surface area contributed by atoms with Crippen molar-refractivity contribution in [2.75, 3.05) is 6.61 Å². The molecule has 0 aliphatic rings. The van der Waals surface area contributed by atoms with Crippen molar-refractivity contribution in [2.24, 2.45) is 0 Å². The molecule has 0 aliphatic heterocycles. The van der Waals surface area contributed by atoms with Gasteiger partial charge in [0, 0.05) is 0 Å². The van der Waals surface area contributed by atoms with Crippen LogP contribution in [0.1, 0.15) is 6.42 Å². The molecule has 4 nitrogen and oxygen atoms in total. The van der Waals surface area contributed by atoms with Gasteiger partial charge >= 0.3 is 0 Å². The fourth-order valence-corrected chi connectivity index (χ4v) is 0.142. The molecule has 0 spiro atoms. The molecule has 0 radical (unpaired) electrons. The average Bonchev–Trinajstić information content (AvgIpc) is 1.69. The lowest BCUT2D eigenvalue weighted by Gasteiger charge is -1.90. The molecule has 0 aromatic rings. The zero-order valence-corrected chi connectivity index (χ0v) is 3.72. The maximum absolute atomic E-state index is 7.85.